The smallest absolute Gasteiger partial charge is 0.272 e. The van der Waals surface area contributed by atoms with Crippen molar-refractivity contribution in [2.24, 2.45) is 7.05 Å². The number of piperidine rings is 1. The summed E-state index contributed by atoms with van der Waals surface area (Å²) < 4.78 is 1.76. The van der Waals surface area contributed by atoms with Gasteiger partial charge in [-0.2, -0.15) is 5.10 Å². The average Bonchev–Trinajstić information content (AvgIpc) is 2.79. The number of carbonyl (C=O) groups excluding carboxylic acids is 1. The van der Waals surface area contributed by atoms with Gasteiger partial charge in [0, 0.05) is 24.5 Å². The molecule has 5 heteroatoms. The minimum Gasteiger partial charge on any atom is -0.346 e. The molecular formula is C15H20N4O. The number of aryl methyl sites for hydroxylation is 1. The van der Waals surface area contributed by atoms with Crippen molar-refractivity contribution in [2.45, 2.75) is 31.8 Å². The van der Waals surface area contributed by atoms with Crippen LogP contribution in [0.4, 0.5) is 0 Å². The van der Waals surface area contributed by atoms with Crippen LogP contribution in [0.25, 0.3) is 10.9 Å². The third-order valence-corrected chi connectivity index (χ3v) is 4.05. The van der Waals surface area contributed by atoms with E-state index >= 15 is 0 Å². The van der Waals surface area contributed by atoms with Gasteiger partial charge in [0.1, 0.15) is 0 Å². The second-order valence-corrected chi connectivity index (χ2v) is 5.45. The van der Waals surface area contributed by atoms with E-state index in [1.807, 2.05) is 31.3 Å². The van der Waals surface area contributed by atoms with E-state index < -0.39 is 0 Å². The van der Waals surface area contributed by atoms with Crippen molar-refractivity contribution in [3.63, 3.8) is 0 Å². The van der Waals surface area contributed by atoms with Crippen LogP contribution in [0.5, 0.6) is 0 Å². The number of amides is 1. The molecule has 0 saturated carbocycles. The fourth-order valence-corrected chi connectivity index (χ4v) is 2.86. The van der Waals surface area contributed by atoms with Gasteiger partial charge in [0.25, 0.3) is 5.91 Å². The Morgan fingerprint density at radius 1 is 1.45 bits per heavy atom. The first-order valence-electron chi connectivity index (χ1n) is 7.13. The molecule has 1 saturated heterocycles. The molecule has 2 N–H and O–H groups in total. The van der Waals surface area contributed by atoms with E-state index in [-0.39, 0.29) is 11.9 Å². The predicted molar refractivity (Wildman–Crippen MR) is 78.7 cm³/mol. The molecule has 2 unspecified atom stereocenters. The van der Waals surface area contributed by atoms with E-state index in [2.05, 4.69) is 22.7 Å². The van der Waals surface area contributed by atoms with Crippen LogP contribution in [0, 0.1) is 0 Å². The highest BCUT2D eigenvalue weighted by Gasteiger charge is 2.24. The second-order valence-electron chi connectivity index (χ2n) is 5.45. The molecule has 1 fully saturated rings. The number of nitrogens with one attached hydrogen (secondary N) is 2. The maximum atomic E-state index is 12.5. The van der Waals surface area contributed by atoms with Crippen LogP contribution < -0.4 is 10.6 Å². The van der Waals surface area contributed by atoms with Gasteiger partial charge >= 0.3 is 0 Å². The average molecular weight is 272 g/mol. The van der Waals surface area contributed by atoms with E-state index in [9.17, 15) is 4.79 Å². The van der Waals surface area contributed by atoms with Gasteiger partial charge in [0.05, 0.1) is 5.52 Å². The van der Waals surface area contributed by atoms with Gasteiger partial charge in [0.2, 0.25) is 0 Å². The number of para-hydroxylation sites is 1. The molecule has 1 aliphatic heterocycles. The zero-order valence-corrected chi connectivity index (χ0v) is 11.9. The molecule has 2 aromatic rings. The van der Waals surface area contributed by atoms with Crippen LogP contribution in [-0.2, 0) is 7.05 Å². The number of hydrogen-bond donors (Lipinski definition) is 2. The van der Waals surface area contributed by atoms with Gasteiger partial charge in [-0.15, -0.1) is 0 Å². The monoisotopic (exact) mass is 272 g/mol. The van der Waals surface area contributed by atoms with Crippen molar-refractivity contribution in [1.29, 1.82) is 0 Å². The van der Waals surface area contributed by atoms with Gasteiger partial charge in [-0.3, -0.25) is 9.48 Å². The SMILES string of the molecule is CC1NCCCC1NC(=O)c1nn(C)c2ccccc12. The van der Waals surface area contributed by atoms with Crippen LogP contribution in [-0.4, -0.2) is 34.3 Å². The van der Waals surface area contributed by atoms with Crippen molar-refractivity contribution in [3.8, 4) is 0 Å². The number of aromatic nitrogens is 2. The molecule has 2 atom stereocenters. The first kappa shape index (κ1) is 13.1. The highest BCUT2D eigenvalue weighted by Crippen LogP contribution is 2.18. The van der Waals surface area contributed by atoms with Crippen LogP contribution in [0.2, 0.25) is 0 Å². The molecule has 1 aliphatic rings. The molecule has 0 spiro atoms. The number of carbonyl (C=O) groups is 1. The Labute approximate surface area is 118 Å². The van der Waals surface area contributed by atoms with E-state index in [0.717, 1.165) is 30.3 Å². The fourth-order valence-electron chi connectivity index (χ4n) is 2.86. The van der Waals surface area contributed by atoms with Crippen molar-refractivity contribution in [1.82, 2.24) is 20.4 Å². The summed E-state index contributed by atoms with van der Waals surface area (Å²) in [7, 11) is 1.86. The Morgan fingerprint density at radius 3 is 3.05 bits per heavy atom. The first-order chi connectivity index (χ1) is 9.66. The van der Waals surface area contributed by atoms with E-state index in [0.29, 0.717) is 11.7 Å². The number of fused-ring (bicyclic) bond motifs is 1. The normalized spacial score (nSPS) is 22.9. The summed E-state index contributed by atoms with van der Waals surface area (Å²) in [5.74, 6) is -0.0812. The number of nitrogens with zero attached hydrogens (tertiary/aromatic N) is 2. The van der Waals surface area contributed by atoms with E-state index in [4.69, 9.17) is 0 Å². The van der Waals surface area contributed by atoms with Crippen LogP contribution >= 0.6 is 0 Å². The molecular weight excluding hydrogens is 252 g/mol. The highest BCUT2D eigenvalue weighted by molar-refractivity contribution is 6.04. The molecule has 0 aliphatic carbocycles. The quantitative estimate of drug-likeness (QED) is 0.870. The number of hydrogen-bond acceptors (Lipinski definition) is 3. The van der Waals surface area contributed by atoms with E-state index in [1.54, 1.807) is 4.68 Å². The Morgan fingerprint density at radius 2 is 2.25 bits per heavy atom. The summed E-state index contributed by atoms with van der Waals surface area (Å²) in [6, 6.07) is 8.30. The molecule has 106 valence electrons. The molecule has 1 aromatic carbocycles. The van der Waals surface area contributed by atoms with Gasteiger partial charge < -0.3 is 10.6 Å². The van der Waals surface area contributed by atoms with Gasteiger partial charge in [-0.1, -0.05) is 18.2 Å². The lowest BCUT2D eigenvalue weighted by Crippen LogP contribution is -2.52. The minimum absolute atomic E-state index is 0.0812. The lowest BCUT2D eigenvalue weighted by Gasteiger charge is -2.30. The lowest BCUT2D eigenvalue weighted by molar-refractivity contribution is 0.0915. The highest BCUT2D eigenvalue weighted by atomic mass is 16.2. The summed E-state index contributed by atoms with van der Waals surface area (Å²) in [5.41, 5.74) is 1.49. The second kappa shape index (κ2) is 5.25. The van der Waals surface area contributed by atoms with Gasteiger partial charge in [-0.05, 0) is 32.4 Å². The largest absolute Gasteiger partial charge is 0.346 e. The third-order valence-electron chi connectivity index (χ3n) is 4.05. The van der Waals surface area contributed by atoms with Crippen molar-refractivity contribution >= 4 is 16.8 Å². The zero-order valence-electron chi connectivity index (χ0n) is 11.9. The zero-order chi connectivity index (χ0) is 14.1. The summed E-state index contributed by atoms with van der Waals surface area (Å²) >= 11 is 0. The van der Waals surface area contributed by atoms with Crippen LogP contribution in [0.3, 0.4) is 0 Å². The van der Waals surface area contributed by atoms with Crippen LogP contribution in [0.15, 0.2) is 24.3 Å². The topological polar surface area (TPSA) is 58.9 Å². The number of rotatable bonds is 2. The van der Waals surface area contributed by atoms with Crippen molar-refractivity contribution < 1.29 is 4.79 Å². The number of benzene rings is 1. The maximum absolute atomic E-state index is 12.5. The van der Waals surface area contributed by atoms with Crippen molar-refractivity contribution in [3.05, 3.63) is 30.0 Å². The molecule has 3 rings (SSSR count). The summed E-state index contributed by atoms with van der Waals surface area (Å²) in [6.45, 7) is 3.14. The summed E-state index contributed by atoms with van der Waals surface area (Å²) in [4.78, 5) is 12.5. The van der Waals surface area contributed by atoms with Gasteiger partial charge in [-0.25, -0.2) is 0 Å². The molecule has 5 nitrogen and oxygen atoms in total. The molecule has 1 amide bonds. The standard InChI is InChI=1S/C15H20N4O/c1-10-12(7-5-9-16-10)17-15(20)14-11-6-3-4-8-13(11)19(2)18-14/h3-4,6,8,10,12,16H,5,7,9H2,1-2H3,(H,17,20). The Bertz CT molecular complexity index is 634. The van der Waals surface area contributed by atoms with E-state index in [1.165, 1.54) is 0 Å². The van der Waals surface area contributed by atoms with Crippen molar-refractivity contribution in [2.75, 3.05) is 6.54 Å². The Hall–Kier alpha value is -1.88. The Kier molecular flexibility index (Phi) is 3.44. The van der Waals surface area contributed by atoms with Crippen LogP contribution in [0.1, 0.15) is 30.3 Å². The Balaban J connectivity index is 1.85. The lowest BCUT2D eigenvalue weighted by atomic mass is 9.99. The summed E-state index contributed by atoms with van der Waals surface area (Å²) in [6.07, 6.45) is 2.11. The van der Waals surface area contributed by atoms with Gasteiger partial charge in [0.15, 0.2) is 5.69 Å². The maximum Gasteiger partial charge on any atom is 0.272 e. The minimum atomic E-state index is -0.0812. The first-order valence-corrected chi connectivity index (χ1v) is 7.13. The molecule has 2 heterocycles. The molecule has 20 heavy (non-hydrogen) atoms. The predicted octanol–water partition coefficient (Wildman–Crippen LogP) is 1.44. The fraction of sp³-hybridized carbons (Fsp3) is 0.467. The molecule has 1 aromatic heterocycles. The summed E-state index contributed by atoms with van der Waals surface area (Å²) in [5, 5.41) is 11.8. The molecule has 0 bridgehead atoms. The third kappa shape index (κ3) is 2.29. The molecule has 0 radical (unpaired) electrons.